The molecule has 0 fully saturated rings. The number of carboxylic acid groups (broad SMARTS) is 1. The van der Waals surface area contributed by atoms with E-state index >= 15 is 0 Å². The molecule has 0 aromatic carbocycles. The van der Waals surface area contributed by atoms with Gasteiger partial charge in [0.15, 0.2) is 22.4 Å². The molecule has 0 aromatic heterocycles. The molecule has 0 aromatic rings. The molecular weight excluding hydrogens is 521 g/mol. The van der Waals surface area contributed by atoms with Crippen molar-refractivity contribution in [2.45, 2.75) is 96.5 Å². The van der Waals surface area contributed by atoms with Crippen LogP contribution >= 0.6 is 11.8 Å². The van der Waals surface area contributed by atoms with Crippen molar-refractivity contribution in [1.29, 1.82) is 0 Å². The van der Waals surface area contributed by atoms with Crippen LogP contribution in [0.5, 0.6) is 0 Å². The van der Waals surface area contributed by atoms with Crippen molar-refractivity contribution in [2.75, 3.05) is 11.5 Å². The van der Waals surface area contributed by atoms with Gasteiger partial charge in [-0.2, -0.15) is 11.8 Å². The highest BCUT2D eigenvalue weighted by Gasteiger charge is 2.39. The maximum atomic E-state index is 12.4. The van der Waals surface area contributed by atoms with Gasteiger partial charge in [0.1, 0.15) is 11.9 Å². The Morgan fingerprint density at radius 2 is 1.43 bits per heavy atom. The van der Waals surface area contributed by atoms with Crippen molar-refractivity contribution in [3.63, 3.8) is 0 Å². The standard InChI is InChI=1S/C23H44O8SSi3/c1-9-20(24)13-16-33(3,4)30-35(7,8)31-34(5,6)17-14-21(25)12-15-32-18-19(2)29-23(28)11-10-22(26)27/h9,19H,1,10-18H2,2-8H3,(H,26,27). The number of ether oxygens (including phenoxy) is 1. The van der Waals surface area contributed by atoms with Crippen molar-refractivity contribution in [3.8, 4) is 0 Å². The predicted octanol–water partition coefficient (Wildman–Crippen LogP) is 5.16. The van der Waals surface area contributed by atoms with Gasteiger partial charge in [-0.3, -0.25) is 19.2 Å². The zero-order chi connectivity index (χ0) is 27.3. The summed E-state index contributed by atoms with van der Waals surface area (Å²) < 4.78 is 18.2. The summed E-state index contributed by atoms with van der Waals surface area (Å²) >= 11 is 1.54. The molecule has 8 nitrogen and oxygen atoms in total. The molecule has 0 heterocycles. The average molecular weight is 565 g/mol. The van der Waals surface area contributed by atoms with E-state index in [0.717, 1.165) is 12.1 Å². The number of carboxylic acids is 1. The topological polar surface area (TPSA) is 116 Å². The van der Waals surface area contributed by atoms with E-state index in [0.29, 0.717) is 30.8 Å². The fourth-order valence-corrected chi connectivity index (χ4v) is 18.2. The number of Topliss-reactive ketones (excluding diaryl/α,β-unsaturated/α-hetero) is 1. The molecule has 0 amide bonds. The fourth-order valence-electron chi connectivity index (χ4n) is 3.51. The SMILES string of the molecule is C=CC(=O)CC[Si](C)(C)O[Si](C)(C)O[Si](C)(C)CCC(=O)CCSCC(C)OC(=O)CCC(=O)O. The van der Waals surface area contributed by atoms with Gasteiger partial charge in [-0.25, -0.2) is 0 Å². The molecule has 0 spiro atoms. The van der Waals surface area contributed by atoms with Gasteiger partial charge in [0.05, 0.1) is 12.8 Å². The monoisotopic (exact) mass is 564 g/mol. The molecule has 202 valence electrons. The molecule has 12 heteroatoms. The van der Waals surface area contributed by atoms with Crippen LogP contribution in [-0.4, -0.2) is 71.4 Å². The number of hydrogen-bond acceptors (Lipinski definition) is 8. The van der Waals surface area contributed by atoms with Crippen molar-refractivity contribution >= 4 is 60.5 Å². The first kappa shape index (κ1) is 33.9. The minimum Gasteiger partial charge on any atom is -0.481 e. The molecule has 1 unspecified atom stereocenters. The zero-order valence-corrected chi connectivity index (χ0v) is 26.3. The molecule has 1 N–H and O–H groups in total. The van der Waals surface area contributed by atoms with E-state index < -0.39 is 37.1 Å². The van der Waals surface area contributed by atoms with Gasteiger partial charge in [-0.15, -0.1) is 0 Å². The van der Waals surface area contributed by atoms with Crippen LogP contribution < -0.4 is 0 Å². The van der Waals surface area contributed by atoms with Crippen LogP contribution in [0.3, 0.4) is 0 Å². The van der Waals surface area contributed by atoms with Gasteiger partial charge in [0, 0.05) is 30.8 Å². The number of hydrogen-bond donors (Lipinski definition) is 1. The van der Waals surface area contributed by atoms with Crippen LogP contribution in [0.2, 0.25) is 51.4 Å². The van der Waals surface area contributed by atoms with Crippen LogP contribution in [0.15, 0.2) is 12.7 Å². The lowest BCUT2D eigenvalue weighted by Crippen LogP contribution is -2.52. The smallest absolute Gasteiger partial charge is 0.311 e. The van der Waals surface area contributed by atoms with E-state index in [9.17, 15) is 19.2 Å². The Morgan fingerprint density at radius 3 is 1.94 bits per heavy atom. The lowest BCUT2D eigenvalue weighted by atomic mass is 10.2. The van der Waals surface area contributed by atoms with Gasteiger partial charge in [0.25, 0.3) is 0 Å². The van der Waals surface area contributed by atoms with Gasteiger partial charge < -0.3 is 18.1 Å². The van der Waals surface area contributed by atoms with Gasteiger partial charge in [0.2, 0.25) is 0 Å². The third-order valence-electron chi connectivity index (χ3n) is 5.00. The first-order valence-corrected chi connectivity index (χ1v) is 22.2. The van der Waals surface area contributed by atoms with Crippen molar-refractivity contribution < 1.29 is 37.3 Å². The average Bonchev–Trinajstić information content (AvgIpc) is 2.70. The Morgan fingerprint density at radius 1 is 0.886 bits per heavy atom. The molecule has 0 rings (SSSR count). The molecule has 1 atom stereocenters. The summed E-state index contributed by atoms with van der Waals surface area (Å²) in [7, 11) is -6.56. The van der Waals surface area contributed by atoms with Crippen LogP contribution in [0.1, 0.15) is 39.0 Å². The summed E-state index contributed by atoms with van der Waals surface area (Å²) in [5.41, 5.74) is 0. The molecule has 0 saturated carbocycles. The number of esters is 1. The maximum absolute atomic E-state index is 12.4. The van der Waals surface area contributed by atoms with Gasteiger partial charge >= 0.3 is 20.5 Å². The molecule has 0 aliphatic carbocycles. The largest absolute Gasteiger partial charge is 0.481 e. The summed E-state index contributed by atoms with van der Waals surface area (Å²) in [5.74, 6) is -0.121. The third-order valence-corrected chi connectivity index (χ3v) is 17.5. The predicted molar refractivity (Wildman–Crippen MR) is 148 cm³/mol. The molecule has 35 heavy (non-hydrogen) atoms. The number of aliphatic carboxylic acids is 1. The third kappa shape index (κ3) is 18.8. The zero-order valence-electron chi connectivity index (χ0n) is 22.4. The molecule has 0 saturated heterocycles. The molecule has 0 bridgehead atoms. The number of thioether (sulfide) groups is 1. The second-order valence-electron chi connectivity index (χ2n) is 10.4. The molecular formula is C23H44O8SSi3. The van der Waals surface area contributed by atoms with Crippen LogP contribution in [-0.2, 0) is 32.1 Å². The lowest BCUT2D eigenvalue weighted by molar-refractivity contribution is -0.150. The van der Waals surface area contributed by atoms with Crippen molar-refractivity contribution in [2.24, 2.45) is 0 Å². The van der Waals surface area contributed by atoms with Crippen molar-refractivity contribution in [3.05, 3.63) is 12.7 Å². The van der Waals surface area contributed by atoms with Crippen LogP contribution in [0.4, 0.5) is 0 Å². The van der Waals surface area contributed by atoms with E-state index in [4.69, 9.17) is 18.1 Å². The Balaban J connectivity index is 4.33. The Hall–Kier alpha value is -1.06. The van der Waals surface area contributed by atoms with E-state index in [1.54, 1.807) is 18.7 Å². The molecule has 0 aliphatic rings. The second kappa shape index (κ2) is 15.9. The number of allylic oxidation sites excluding steroid dienone is 1. The lowest BCUT2D eigenvalue weighted by Gasteiger charge is -2.38. The van der Waals surface area contributed by atoms with Crippen molar-refractivity contribution in [1.82, 2.24) is 0 Å². The minimum absolute atomic E-state index is 0.0344. The summed E-state index contributed by atoms with van der Waals surface area (Å²) in [6.07, 6.45) is 2.03. The van der Waals surface area contributed by atoms with E-state index in [2.05, 4.69) is 32.8 Å². The fraction of sp³-hybridized carbons (Fsp3) is 0.739. The van der Waals surface area contributed by atoms with E-state index in [-0.39, 0.29) is 30.5 Å². The maximum Gasteiger partial charge on any atom is 0.311 e. The number of rotatable bonds is 20. The highest BCUT2D eigenvalue weighted by atomic mass is 32.2. The van der Waals surface area contributed by atoms with Crippen LogP contribution in [0, 0.1) is 0 Å². The number of carbonyl (C=O) groups is 4. The Kier molecular flexibility index (Phi) is 15.4. The number of ketones is 2. The van der Waals surface area contributed by atoms with Gasteiger partial charge in [-0.1, -0.05) is 6.58 Å². The summed E-state index contributed by atoms with van der Waals surface area (Å²) in [5, 5.41) is 8.60. The molecule has 0 radical (unpaired) electrons. The first-order valence-electron chi connectivity index (χ1n) is 12.0. The number of carbonyl (C=O) groups excluding carboxylic acids is 3. The van der Waals surface area contributed by atoms with E-state index in [1.807, 2.05) is 13.1 Å². The Bertz CT molecular complexity index is 740. The Labute approximate surface area is 218 Å². The normalized spacial score (nSPS) is 13.2. The highest BCUT2D eigenvalue weighted by Crippen LogP contribution is 2.26. The molecule has 0 aliphatic heterocycles. The van der Waals surface area contributed by atoms with Crippen LogP contribution in [0.25, 0.3) is 0 Å². The van der Waals surface area contributed by atoms with E-state index in [1.165, 1.54) is 6.08 Å². The summed E-state index contributed by atoms with van der Waals surface area (Å²) in [6, 6.07) is 1.46. The summed E-state index contributed by atoms with van der Waals surface area (Å²) in [4.78, 5) is 46.0. The minimum atomic E-state index is -2.40. The highest BCUT2D eigenvalue weighted by molar-refractivity contribution is 7.99. The van der Waals surface area contributed by atoms with Gasteiger partial charge in [-0.05, 0) is 64.4 Å². The second-order valence-corrected chi connectivity index (χ2v) is 24.0. The first-order chi connectivity index (χ1) is 16.0. The summed E-state index contributed by atoms with van der Waals surface area (Å²) in [6.45, 7) is 17.8. The quantitative estimate of drug-likeness (QED) is 0.0926.